The van der Waals surface area contributed by atoms with Crippen molar-refractivity contribution in [2.75, 3.05) is 12.4 Å². The number of carbonyl (C=O) groups is 1. The summed E-state index contributed by atoms with van der Waals surface area (Å²) in [6, 6.07) is 10.9. The first kappa shape index (κ1) is 35.3. The van der Waals surface area contributed by atoms with Crippen LogP contribution in [0.15, 0.2) is 95.8 Å². The van der Waals surface area contributed by atoms with Gasteiger partial charge in [-0.3, -0.25) is 13.7 Å². The van der Waals surface area contributed by atoms with Gasteiger partial charge in [-0.25, -0.2) is 17.4 Å². The van der Waals surface area contributed by atoms with E-state index in [1.165, 1.54) is 24.3 Å². The Morgan fingerprint density at radius 2 is 1.36 bits per heavy atom. The molecule has 5 N–H and O–H groups in total. The molecule has 0 aliphatic carbocycles. The molecule has 3 aromatic rings. The Bertz CT molecular complexity index is 2120. The van der Waals surface area contributed by atoms with Crippen LogP contribution in [0.4, 0.5) is 11.4 Å². The molecule has 0 heterocycles. The predicted molar refractivity (Wildman–Crippen MR) is 149 cm³/mol. The number of carboxylic acids is 1. The van der Waals surface area contributed by atoms with E-state index in [0.29, 0.717) is 18.2 Å². The highest BCUT2D eigenvalue weighted by atomic mass is 32.3. The van der Waals surface area contributed by atoms with Crippen LogP contribution in [0, 0.1) is 0 Å². The zero-order chi connectivity index (χ0) is 33.8. The highest BCUT2D eigenvalue weighted by Gasteiger charge is 2.26. The summed E-state index contributed by atoms with van der Waals surface area (Å²) >= 11 is 0. The molecular formula is C22H20N4O15S4. The maximum Gasteiger partial charge on any atom is 0.397 e. The summed E-state index contributed by atoms with van der Waals surface area (Å²) in [4.78, 5) is 8.72. The summed E-state index contributed by atoms with van der Waals surface area (Å²) in [5, 5.41) is 35.1. The lowest BCUT2D eigenvalue weighted by molar-refractivity contribution is 0.0697. The molecule has 0 amide bonds. The summed E-state index contributed by atoms with van der Waals surface area (Å²) in [7, 11) is -19.7. The first-order valence-corrected chi connectivity index (χ1v) is 17.5. The standard InChI is InChI=1S/C22H20N4O15S4/c27-20-18(11-15(12-19(20)44(35,36)37)42(30,31)9-8-41-45(38,39)40)24-26-21(13-4-2-1-3-5-13)25-23-17-7-6-14(43(32,33)34)10-16(17)22(28)29/h1-7,10-12,21,27H,8-9H2,(H,28,29)(H,32,33,34)(H,35,36,37)(H,38,39,40). The third-order valence-electron chi connectivity index (χ3n) is 5.39. The van der Waals surface area contributed by atoms with Crippen molar-refractivity contribution >= 4 is 57.8 Å². The number of sulfone groups is 1. The van der Waals surface area contributed by atoms with Crippen LogP contribution in [0.5, 0.6) is 5.75 Å². The summed E-state index contributed by atoms with van der Waals surface area (Å²) in [6.45, 7) is -1.10. The number of phenolic OH excluding ortho intramolecular Hbond substituents is 1. The van der Waals surface area contributed by atoms with E-state index >= 15 is 0 Å². The topological polar surface area (TPSA) is 313 Å². The molecule has 1 atom stereocenters. The second kappa shape index (κ2) is 13.4. The predicted octanol–water partition coefficient (Wildman–Crippen LogP) is 2.74. The lowest BCUT2D eigenvalue weighted by Gasteiger charge is -2.10. The van der Waals surface area contributed by atoms with Crippen LogP contribution in [0.3, 0.4) is 0 Å². The second-order valence-electron chi connectivity index (χ2n) is 8.51. The van der Waals surface area contributed by atoms with Crippen LogP contribution >= 0.6 is 0 Å². The van der Waals surface area contributed by atoms with Crippen molar-refractivity contribution in [3.63, 3.8) is 0 Å². The number of benzene rings is 3. The third-order valence-corrected chi connectivity index (χ3v) is 9.23. The number of aromatic hydroxyl groups is 1. The number of rotatable bonds is 13. The van der Waals surface area contributed by atoms with Gasteiger partial charge in [-0.2, -0.15) is 40.6 Å². The molecule has 19 nitrogen and oxygen atoms in total. The van der Waals surface area contributed by atoms with Crippen molar-refractivity contribution < 1.29 is 66.5 Å². The van der Waals surface area contributed by atoms with Crippen LogP contribution in [0.2, 0.25) is 0 Å². The van der Waals surface area contributed by atoms with Gasteiger partial charge in [-0.05, 0) is 30.3 Å². The van der Waals surface area contributed by atoms with Crippen molar-refractivity contribution in [2.24, 2.45) is 20.5 Å². The number of nitrogens with zero attached hydrogens (tertiary/aromatic N) is 4. The Hall–Kier alpha value is -4.23. The highest BCUT2D eigenvalue weighted by Crippen LogP contribution is 2.38. The lowest BCUT2D eigenvalue weighted by atomic mass is 10.2. The molecule has 1 unspecified atom stereocenters. The maximum absolute atomic E-state index is 12.7. The highest BCUT2D eigenvalue weighted by molar-refractivity contribution is 7.91. The molecule has 0 saturated carbocycles. The van der Waals surface area contributed by atoms with Crippen molar-refractivity contribution in [3.8, 4) is 5.75 Å². The number of hydrogen-bond acceptors (Lipinski definition) is 15. The molecule has 45 heavy (non-hydrogen) atoms. The van der Waals surface area contributed by atoms with Gasteiger partial charge >= 0.3 is 16.4 Å². The van der Waals surface area contributed by atoms with Gasteiger partial charge in [0.2, 0.25) is 6.17 Å². The van der Waals surface area contributed by atoms with Crippen molar-refractivity contribution in [3.05, 3.63) is 71.8 Å². The van der Waals surface area contributed by atoms with Gasteiger partial charge in [0.25, 0.3) is 20.2 Å². The molecule has 0 bridgehead atoms. The number of carboxylic acid groups (broad SMARTS) is 1. The van der Waals surface area contributed by atoms with Crippen LogP contribution in [-0.2, 0) is 44.7 Å². The Balaban J connectivity index is 2.12. The summed E-state index contributed by atoms with van der Waals surface area (Å²) in [5.74, 6) is -4.02. The monoisotopic (exact) mass is 708 g/mol. The number of hydrogen-bond donors (Lipinski definition) is 5. The Labute approximate surface area is 254 Å². The molecule has 0 aliphatic heterocycles. The van der Waals surface area contributed by atoms with E-state index in [1.54, 1.807) is 6.07 Å². The van der Waals surface area contributed by atoms with Gasteiger partial charge in [-0.1, -0.05) is 30.3 Å². The fourth-order valence-electron chi connectivity index (χ4n) is 3.34. The minimum Gasteiger partial charge on any atom is -0.504 e. The molecule has 0 spiro atoms. The molecule has 23 heteroatoms. The van der Waals surface area contributed by atoms with Gasteiger partial charge in [0.1, 0.15) is 10.6 Å². The van der Waals surface area contributed by atoms with E-state index in [0.717, 1.165) is 12.1 Å². The van der Waals surface area contributed by atoms with E-state index in [-0.39, 0.29) is 5.56 Å². The zero-order valence-corrected chi connectivity index (χ0v) is 25.3. The Kier molecular flexibility index (Phi) is 10.5. The van der Waals surface area contributed by atoms with E-state index in [2.05, 4.69) is 24.6 Å². The molecule has 242 valence electrons. The van der Waals surface area contributed by atoms with E-state index in [4.69, 9.17) is 4.55 Å². The first-order chi connectivity index (χ1) is 20.7. The zero-order valence-electron chi connectivity index (χ0n) is 22.0. The molecule has 0 saturated heterocycles. The molecular weight excluding hydrogens is 689 g/mol. The normalized spacial score (nSPS) is 13.8. The summed E-state index contributed by atoms with van der Waals surface area (Å²) < 4.78 is 125. The number of aromatic carboxylic acids is 1. The quantitative estimate of drug-likeness (QED) is 0.126. The largest absolute Gasteiger partial charge is 0.504 e. The SMILES string of the molecule is O=C(O)c1cc(S(=O)(=O)O)ccc1N=NC(N=Nc1cc(S(=O)(=O)CCOS(=O)(=O)O)cc(S(=O)(=O)O)c1O)c1ccccc1. The van der Waals surface area contributed by atoms with Crippen molar-refractivity contribution in [1.82, 2.24) is 0 Å². The fourth-order valence-corrected chi connectivity index (χ4v) is 6.07. The van der Waals surface area contributed by atoms with Crippen LogP contribution in [0.1, 0.15) is 22.1 Å². The van der Waals surface area contributed by atoms with Gasteiger partial charge in [0, 0.05) is 5.56 Å². The average molecular weight is 709 g/mol. The fraction of sp³-hybridized carbons (Fsp3) is 0.136. The van der Waals surface area contributed by atoms with Crippen LogP contribution in [0.25, 0.3) is 0 Å². The van der Waals surface area contributed by atoms with Gasteiger partial charge < -0.3 is 10.2 Å². The van der Waals surface area contributed by atoms with Crippen LogP contribution < -0.4 is 0 Å². The van der Waals surface area contributed by atoms with E-state index in [1.807, 2.05) is 0 Å². The summed E-state index contributed by atoms with van der Waals surface area (Å²) in [6.07, 6.45) is -1.49. The van der Waals surface area contributed by atoms with E-state index in [9.17, 15) is 57.8 Å². The molecule has 0 fully saturated rings. The number of azo groups is 2. The molecule has 0 aliphatic rings. The first-order valence-electron chi connectivity index (χ1n) is 11.6. The third kappa shape index (κ3) is 9.63. The van der Waals surface area contributed by atoms with Gasteiger partial charge in [-0.15, -0.1) is 5.11 Å². The van der Waals surface area contributed by atoms with Gasteiger partial charge in [0.05, 0.1) is 33.4 Å². The minimum absolute atomic E-state index is 0.220. The van der Waals surface area contributed by atoms with E-state index < -0.39 is 102 Å². The second-order valence-corrected chi connectivity index (χ2v) is 14.5. The van der Waals surface area contributed by atoms with Gasteiger partial charge in [0.15, 0.2) is 15.6 Å². The number of phenols is 1. The molecule has 0 aromatic heterocycles. The molecule has 0 radical (unpaired) electrons. The Morgan fingerprint density at radius 1 is 0.756 bits per heavy atom. The summed E-state index contributed by atoms with van der Waals surface area (Å²) in [5.41, 5.74) is -1.72. The van der Waals surface area contributed by atoms with Crippen LogP contribution in [-0.4, -0.2) is 75.9 Å². The average Bonchev–Trinajstić information content (AvgIpc) is 2.92. The minimum atomic E-state index is -5.29. The van der Waals surface area contributed by atoms with Crippen molar-refractivity contribution in [1.29, 1.82) is 0 Å². The van der Waals surface area contributed by atoms with Crippen molar-refractivity contribution in [2.45, 2.75) is 20.9 Å². The lowest BCUT2D eigenvalue weighted by Crippen LogP contribution is -2.16. The molecule has 3 aromatic carbocycles. The molecule has 3 rings (SSSR count). The Morgan fingerprint density at radius 3 is 1.89 bits per heavy atom. The maximum atomic E-state index is 12.7. The smallest absolute Gasteiger partial charge is 0.397 e.